The number of furan rings is 1. The number of para-hydroxylation sites is 1. The van der Waals surface area contributed by atoms with Crippen LogP contribution in [0.5, 0.6) is 0 Å². The molecule has 1 aliphatic heterocycles. The fraction of sp³-hybridized carbons (Fsp3) is 0.0476. The number of thioether (sulfide) groups is 1. The monoisotopic (exact) mass is 439 g/mol. The number of hydrogen-bond donors (Lipinski definition) is 1. The molecule has 1 saturated heterocycles. The van der Waals surface area contributed by atoms with Crippen molar-refractivity contribution in [2.75, 3.05) is 0 Å². The van der Waals surface area contributed by atoms with E-state index < -0.39 is 4.92 Å². The summed E-state index contributed by atoms with van der Waals surface area (Å²) in [6.45, 7) is 1.78. The normalized spacial score (nSPS) is 16.3. The van der Waals surface area contributed by atoms with Gasteiger partial charge in [-0.15, -0.1) is 0 Å². The van der Waals surface area contributed by atoms with Crippen LogP contribution in [0.1, 0.15) is 11.3 Å². The minimum absolute atomic E-state index is 0.0227. The first kappa shape index (κ1) is 19.9. The molecule has 4 rings (SSSR count). The van der Waals surface area contributed by atoms with Crippen LogP contribution in [0.25, 0.3) is 17.4 Å². The lowest BCUT2D eigenvalue weighted by Crippen LogP contribution is -2.19. The Morgan fingerprint density at radius 3 is 2.73 bits per heavy atom. The van der Waals surface area contributed by atoms with E-state index in [1.54, 1.807) is 49.4 Å². The zero-order chi connectivity index (χ0) is 21.3. The van der Waals surface area contributed by atoms with Crippen LogP contribution in [0.2, 0.25) is 5.02 Å². The molecule has 0 spiro atoms. The Balaban J connectivity index is 1.57. The van der Waals surface area contributed by atoms with Crippen LogP contribution in [0.4, 0.5) is 11.4 Å². The van der Waals surface area contributed by atoms with Crippen molar-refractivity contribution < 1.29 is 14.1 Å². The maximum absolute atomic E-state index is 12.3. The second-order valence-electron chi connectivity index (χ2n) is 6.39. The minimum atomic E-state index is -0.438. The SMILES string of the molecule is Cc1cc([N+](=O)[O-])ccc1-c1ccc(C=C2SC(=Nc3ccccc3Cl)NC2=O)o1. The zero-order valence-corrected chi connectivity index (χ0v) is 17.2. The highest BCUT2D eigenvalue weighted by atomic mass is 35.5. The van der Waals surface area contributed by atoms with Crippen LogP contribution in [0.3, 0.4) is 0 Å². The number of carbonyl (C=O) groups excluding carboxylic acids is 1. The molecule has 1 aliphatic rings. The number of nitrogens with zero attached hydrogens (tertiary/aromatic N) is 2. The first-order valence-electron chi connectivity index (χ1n) is 8.80. The number of nitro benzene ring substituents is 1. The number of carbonyl (C=O) groups is 1. The van der Waals surface area contributed by atoms with Crippen LogP contribution >= 0.6 is 23.4 Å². The predicted molar refractivity (Wildman–Crippen MR) is 118 cm³/mol. The van der Waals surface area contributed by atoms with Crippen LogP contribution in [-0.4, -0.2) is 16.0 Å². The summed E-state index contributed by atoms with van der Waals surface area (Å²) in [5.74, 6) is 0.761. The number of amidine groups is 1. The quantitative estimate of drug-likeness (QED) is 0.319. The topological polar surface area (TPSA) is 97.7 Å². The largest absolute Gasteiger partial charge is 0.457 e. The lowest BCUT2D eigenvalue weighted by atomic mass is 10.1. The summed E-state index contributed by atoms with van der Waals surface area (Å²) in [4.78, 5) is 27.6. The number of aliphatic imine (C=N–C) groups is 1. The average molecular weight is 440 g/mol. The molecule has 30 heavy (non-hydrogen) atoms. The van der Waals surface area contributed by atoms with Crippen molar-refractivity contribution in [2.24, 2.45) is 4.99 Å². The molecule has 0 bridgehead atoms. The van der Waals surface area contributed by atoms with Gasteiger partial charge in [0.05, 0.1) is 20.5 Å². The van der Waals surface area contributed by atoms with Gasteiger partial charge in [0, 0.05) is 23.8 Å². The molecule has 0 unspecified atom stereocenters. The average Bonchev–Trinajstić information content (AvgIpc) is 3.30. The van der Waals surface area contributed by atoms with Crippen molar-refractivity contribution in [3.05, 3.63) is 86.0 Å². The maximum atomic E-state index is 12.3. The second kappa shape index (κ2) is 8.17. The highest BCUT2D eigenvalue weighted by Crippen LogP contribution is 2.33. The molecule has 9 heteroatoms. The van der Waals surface area contributed by atoms with E-state index in [4.69, 9.17) is 16.0 Å². The summed E-state index contributed by atoms with van der Waals surface area (Å²) >= 11 is 7.30. The molecule has 0 saturated carbocycles. The summed E-state index contributed by atoms with van der Waals surface area (Å²) in [7, 11) is 0. The molecule has 0 aliphatic carbocycles. The first-order valence-corrected chi connectivity index (χ1v) is 9.99. The summed E-state index contributed by atoms with van der Waals surface area (Å²) in [5.41, 5.74) is 2.06. The molecule has 7 nitrogen and oxygen atoms in total. The number of amides is 1. The molecule has 2 aromatic carbocycles. The summed E-state index contributed by atoms with van der Waals surface area (Å²) in [5, 5.41) is 14.5. The molecular weight excluding hydrogens is 426 g/mol. The Morgan fingerprint density at radius 2 is 2.00 bits per heavy atom. The number of nitrogens with one attached hydrogen (secondary N) is 1. The fourth-order valence-electron chi connectivity index (χ4n) is 2.87. The van der Waals surface area contributed by atoms with Gasteiger partial charge < -0.3 is 9.73 Å². The lowest BCUT2D eigenvalue weighted by molar-refractivity contribution is -0.384. The molecule has 0 atom stereocenters. The number of nitro groups is 1. The number of benzene rings is 2. The number of aryl methyl sites for hydroxylation is 1. The fourth-order valence-corrected chi connectivity index (χ4v) is 3.87. The maximum Gasteiger partial charge on any atom is 0.269 e. The van der Waals surface area contributed by atoms with Crippen molar-refractivity contribution in [3.8, 4) is 11.3 Å². The van der Waals surface area contributed by atoms with Crippen molar-refractivity contribution in [3.63, 3.8) is 0 Å². The zero-order valence-electron chi connectivity index (χ0n) is 15.6. The van der Waals surface area contributed by atoms with Crippen molar-refractivity contribution in [1.82, 2.24) is 5.32 Å². The molecular formula is C21H14ClN3O4S. The third-order valence-electron chi connectivity index (χ3n) is 4.31. The molecule has 150 valence electrons. The lowest BCUT2D eigenvalue weighted by Gasteiger charge is -2.02. The van der Waals surface area contributed by atoms with Crippen LogP contribution in [-0.2, 0) is 4.79 Å². The number of halogens is 1. The molecule has 1 amide bonds. The van der Waals surface area contributed by atoms with Gasteiger partial charge in [0.15, 0.2) is 5.17 Å². The third kappa shape index (κ3) is 4.14. The Hall–Kier alpha value is -3.36. The van der Waals surface area contributed by atoms with Crippen molar-refractivity contribution in [1.29, 1.82) is 0 Å². The standard InChI is InChI=1S/C21H14ClN3O4S/c1-12-10-13(25(27)28)6-8-15(12)18-9-7-14(29-18)11-19-20(26)24-21(30-19)23-17-5-3-2-4-16(17)22/h2-11H,1H3,(H,23,24,26). The predicted octanol–water partition coefficient (Wildman–Crippen LogP) is 5.71. The van der Waals surface area contributed by atoms with Gasteiger partial charge in [0.25, 0.3) is 11.6 Å². The van der Waals surface area contributed by atoms with Gasteiger partial charge in [-0.2, -0.15) is 0 Å². The van der Waals surface area contributed by atoms with E-state index in [-0.39, 0.29) is 11.6 Å². The molecule has 1 N–H and O–H groups in total. The van der Waals surface area contributed by atoms with E-state index in [2.05, 4.69) is 10.3 Å². The smallest absolute Gasteiger partial charge is 0.269 e. The van der Waals surface area contributed by atoms with Gasteiger partial charge in [-0.3, -0.25) is 14.9 Å². The second-order valence-corrected chi connectivity index (χ2v) is 7.83. The van der Waals surface area contributed by atoms with E-state index in [9.17, 15) is 14.9 Å². The summed E-state index contributed by atoms with van der Waals surface area (Å²) < 4.78 is 5.83. The van der Waals surface area contributed by atoms with Crippen molar-refractivity contribution in [2.45, 2.75) is 6.92 Å². The van der Waals surface area contributed by atoms with Gasteiger partial charge >= 0.3 is 0 Å². The van der Waals surface area contributed by atoms with E-state index in [1.165, 1.54) is 23.9 Å². The number of non-ortho nitro benzene ring substituents is 1. The summed E-state index contributed by atoms with van der Waals surface area (Å²) in [6.07, 6.45) is 1.62. The van der Waals surface area contributed by atoms with Gasteiger partial charge in [-0.1, -0.05) is 23.7 Å². The van der Waals surface area contributed by atoms with E-state index in [0.29, 0.717) is 32.3 Å². The van der Waals surface area contributed by atoms with Gasteiger partial charge in [0.1, 0.15) is 11.5 Å². The van der Waals surface area contributed by atoms with E-state index in [1.807, 2.05) is 6.07 Å². The Bertz CT molecular complexity index is 1230. The number of hydrogen-bond acceptors (Lipinski definition) is 6. The van der Waals surface area contributed by atoms with Gasteiger partial charge in [-0.25, -0.2) is 4.99 Å². The highest BCUT2D eigenvalue weighted by Gasteiger charge is 2.24. The molecule has 2 heterocycles. The minimum Gasteiger partial charge on any atom is -0.457 e. The molecule has 0 radical (unpaired) electrons. The third-order valence-corrected chi connectivity index (χ3v) is 5.54. The van der Waals surface area contributed by atoms with Gasteiger partial charge in [0.2, 0.25) is 0 Å². The summed E-state index contributed by atoms with van der Waals surface area (Å²) in [6, 6.07) is 15.2. The van der Waals surface area contributed by atoms with E-state index in [0.717, 1.165) is 11.1 Å². The van der Waals surface area contributed by atoms with Crippen LogP contribution in [0, 0.1) is 17.0 Å². The number of rotatable bonds is 4. The molecule has 3 aromatic rings. The molecule has 1 aromatic heterocycles. The highest BCUT2D eigenvalue weighted by molar-refractivity contribution is 8.18. The van der Waals surface area contributed by atoms with Gasteiger partial charge in [-0.05, 0) is 54.6 Å². The van der Waals surface area contributed by atoms with E-state index >= 15 is 0 Å². The Labute approximate surface area is 180 Å². The Kier molecular flexibility index (Phi) is 5.43. The first-order chi connectivity index (χ1) is 14.4. The van der Waals surface area contributed by atoms with Crippen molar-refractivity contribution >= 4 is 51.9 Å². The Morgan fingerprint density at radius 1 is 1.20 bits per heavy atom. The van der Waals surface area contributed by atoms with Crippen LogP contribution in [0.15, 0.2) is 68.9 Å². The van der Waals surface area contributed by atoms with Crippen LogP contribution < -0.4 is 5.32 Å². The molecule has 1 fully saturated rings.